The van der Waals surface area contributed by atoms with Gasteiger partial charge in [-0.3, -0.25) is 86.9 Å². The molecule has 722 valence electrons. The summed E-state index contributed by atoms with van der Waals surface area (Å²) in [5.41, 5.74) is 20.0. The predicted molar refractivity (Wildman–Crippen MR) is 492 cm³/mol. The number of H-pyrrole nitrogens is 3. The normalized spacial score (nSPS) is 23.5. The first-order chi connectivity index (χ1) is 63.3. The van der Waals surface area contributed by atoms with Crippen molar-refractivity contribution in [1.82, 2.24) is 92.3 Å². The summed E-state index contributed by atoms with van der Waals surface area (Å²) >= 11 is 0.752. The molecule has 0 unspecified atom stereocenters. The summed E-state index contributed by atoms with van der Waals surface area (Å²) in [4.78, 5) is 268. The van der Waals surface area contributed by atoms with E-state index in [1.54, 1.807) is 62.6 Å². The maximum Gasteiger partial charge on any atom is 0.246 e. The summed E-state index contributed by atoms with van der Waals surface area (Å²) in [6, 6.07) is 2.76. The molecule has 0 spiro atoms. The minimum atomic E-state index is -1.77. The number of imidazole rings is 1. The molecule has 2 aliphatic rings. The average Bonchev–Trinajstić information content (AvgIpc) is 1.81. The number of ketones is 2. The van der Waals surface area contributed by atoms with Crippen molar-refractivity contribution in [3.8, 4) is 0 Å². The van der Waals surface area contributed by atoms with Gasteiger partial charge in [-0.25, -0.2) is 9.37 Å². The van der Waals surface area contributed by atoms with E-state index in [2.05, 4.69) is 67.8 Å². The lowest BCUT2D eigenvalue weighted by molar-refractivity contribution is -0.149. The van der Waals surface area contributed by atoms with Crippen LogP contribution in [0.5, 0.6) is 0 Å². The maximum atomic E-state index is 15.7. The van der Waals surface area contributed by atoms with Gasteiger partial charge in [-0.05, 0) is 105 Å². The number of halogens is 1. The van der Waals surface area contributed by atoms with Crippen molar-refractivity contribution < 1.29 is 91.0 Å². The molecule has 0 bridgehead atoms. The van der Waals surface area contributed by atoms with Crippen LogP contribution in [0.1, 0.15) is 147 Å². The van der Waals surface area contributed by atoms with Gasteiger partial charge in [0.2, 0.25) is 88.6 Å². The Labute approximate surface area is 774 Å². The number of hydrogen-bond acceptors (Lipinski definition) is 21. The zero-order valence-electron chi connectivity index (χ0n) is 76.6. The molecule has 2 aliphatic heterocycles. The lowest BCUT2D eigenvalue weighted by Gasteiger charge is -2.36. The first kappa shape index (κ1) is 105. The molecule has 15 amide bonds. The van der Waals surface area contributed by atoms with Crippen molar-refractivity contribution in [1.29, 1.82) is 5.41 Å². The fraction of sp³-hybridized carbons (Fsp3) is 0.527. The topological polar surface area (TPSA) is 597 Å². The number of benzene rings is 3. The number of amides is 15. The zero-order valence-corrected chi connectivity index (χ0v) is 77.4. The molecule has 8 rings (SSSR count). The Morgan fingerprint density at radius 1 is 0.586 bits per heavy atom. The number of para-hydroxylation sites is 2. The lowest BCUT2D eigenvalue weighted by Crippen LogP contribution is -2.60. The highest BCUT2D eigenvalue weighted by atomic mass is 32.2. The van der Waals surface area contributed by atoms with Crippen molar-refractivity contribution in [3.05, 3.63) is 126 Å². The monoisotopic (exact) mass is 1870 g/mol. The number of carbonyl (C=O) groups is 17. The summed E-state index contributed by atoms with van der Waals surface area (Å²) < 4.78 is 14.4. The number of primary amides is 2. The third-order valence-electron chi connectivity index (χ3n) is 23.8. The van der Waals surface area contributed by atoms with Crippen LogP contribution >= 0.6 is 11.8 Å². The Balaban J connectivity index is 1.18. The Kier molecular flexibility index (Phi) is 40.4. The molecule has 20 N–H and O–H groups in total. The molecule has 40 nitrogen and oxygen atoms in total. The number of hydrogen-bond donors (Lipinski definition) is 17. The highest BCUT2D eigenvalue weighted by Crippen LogP contribution is 2.29. The van der Waals surface area contributed by atoms with Crippen molar-refractivity contribution >= 4 is 140 Å². The minimum absolute atomic E-state index is 0.00325. The van der Waals surface area contributed by atoms with Crippen LogP contribution in [-0.2, 0) is 107 Å². The van der Waals surface area contributed by atoms with E-state index < -0.39 is 241 Å². The quantitative estimate of drug-likeness (QED) is 0.0196. The minimum Gasteiger partial charge on any atom is -0.396 e. The lowest BCUT2D eigenvalue weighted by atomic mass is 9.85. The third-order valence-corrected chi connectivity index (χ3v) is 24.8. The average molecular weight is 1870 g/mol. The number of fused-ring (bicyclic) bond motifs is 3. The fourth-order valence-electron chi connectivity index (χ4n) is 16.3. The second-order valence-electron chi connectivity index (χ2n) is 34.4. The number of aliphatic hydroxyl groups excluding tert-OH is 1. The molecular formula is C91H127FN22O18S. The summed E-state index contributed by atoms with van der Waals surface area (Å²) in [5, 5.41) is 44.3. The molecular weight excluding hydrogens is 1740 g/mol. The summed E-state index contributed by atoms with van der Waals surface area (Å²) in [5.74, 6) is -20.1. The molecule has 13 atom stereocenters. The van der Waals surface area contributed by atoms with Gasteiger partial charge in [-0.2, -0.15) is 0 Å². The van der Waals surface area contributed by atoms with Gasteiger partial charge < -0.3 is 110 Å². The van der Waals surface area contributed by atoms with E-state index in [-0.39, 0.29) is 89.6 Å². The molecule has 0 radical (unpaired) electrons. The van der Waals surface area contributed by atoms with Crippen LogP contribution in [0.4, 0.5) is 4.39 Å². The van der Waals surface area contributed by atoms with Crippen molar-refractivity contribution in [2.45, 2.75) is 217 Å². The number of likely N-dealkylation sites (N-methyl/N-ethyl adjacent to an activating group) is 4. The molecule has 0 saturated carbocycles. The number of guanidine groups is 1. The number of carbonyl (C=O) groups excluding carboxylic acids is 17. The Morgan fingerprint density at radius 2 is 1.17 bits per heavy atom. The standard InChI is InChI=1S/C91H127FN22O18S/c1-10-12-25-72-84(126)104-65(24-18-32-98-91(95)96)82(124)109-71(81(123)101-45-77(94)119)48-133-49-78(120)103-68(35-53-28-30-58(92)31-29-53)87(129)111(7)52(5)79(121)106-70(41-76(93)118)89(131)114-33-19-27-73(114)85(127)105-66(40-59-44-97-50-102-59)83(125)108-67(34-51(3)4)86(128)110(6)46-60(116)37-54(36-55-42-99-63-22-16-14-20-61(55)63)75(117)39-57(47-115)80(122)107-69(38-56-43-100-64-23-17-15-21-62(56)64)88(130)113(9)74(26-13-11-2)90(132)112(72)8/h14-17,20-23,28-31,42-44,50-52,54,57,65-74,99-100,115H,10-13,18-19,24-27,32-41,45-49H2,1-9H3,(H2,93,118)(H2,94,119)(H,97,102)(H,101,123)(H,103,120)(H,104,126)(H,105,127)(H,106,121)(H,107,122)(H,108,125)(H,109,124)(H4,95,96,98)/t52-,54+,57-,65-,66-,67-,68-,69-,70-,71+,72-,73-,74-/m0/s1. The van der Waals surface area contributed by atoms with Crippen molar-refractivity contribution in [2.75, 3.05) is 72.5 Å². The second kappa shape index (κ2) is 51.0. The van der Waals surface area contributed by atoms with E-state index >= 15 is 24.0 Å². The number of nitrogens with zero attached hydrogens (tertiary/aromatic N) is 6. The summed E-state index contributed by atoms with van der Waals surface area (Å²) in [6.45, 7) is 6.12. The van der Waals surface area contributed by atoms with Gasteiger partial charge >= 0.3 is 0 Å². The van der Waals surface area contributed by atoms with Gasteiger partial charge in [0, 0.05) is 131 Å². The summed E-state index contributed by atoms with van der Waals surface area (Å²) in [7, 11) is 5.26. The van der Waals surface area contributed by atoms with E-state index in [1.807, 2.05) is 26.0 Å². The Morgan fingerprint density at radius 3 is 1.78 bits per heavy atom. The van der Waals surface area contributed by atoms with Crippen molar-refractivity contribution in [3.63, 3.8) is 0 Å². The number of rotatable bonds is 26. The van der Waals surface area contributed by atoms with Gasteiger partial charge in [0.25, 0.3) is 0 Å². The van der Waals surface area contributed by atoms with Crippen LogP contribution < -0.4 is 65.1 Å². The largest absolute Gasteiger partial charge is 0.396 e. The van der Waals surface area contributed by atoms with Crippen molar-refractivity contribution in [2.24, 2.45) is 35.0 Å². The smallest absolute Gasteiger partial charge is 0.246 e. The van der Waals surface area contributed by atoms with Crippen LogP contribution in [0.25, 0.3) is 21.8 Å². The van der Waals surface area contributed by atoms with Crippen LogP contribution in [-0.4, -0.2) is 295 Å². The fourth-order valence-corrected chi connectivity index (χ4v) is 17.1. The third kappa shape index (κ3) is 30.7. The number of unbranched alkanes of at least 4 members (excludes halogenated alkanes) is 2. The number of aromatic amines is 3. The number of nitrogens with one attached hydrogen (secondary N) is 13. The summed E-state index contributed by atoms with van der Waals surface area (Å²) in [6.07, 6.45) is 4.87. The molecule has 2 fully saturated rings. The first-order valence-electron chi connectivity index (χ1n) is 44.8. The maximum absolute atomic E-state index is 15.7. The molecule has 3 aromatic heterocycles. The van der Waals surface area contributed by atoms with E-state index in [9.17, 15) is 67.0 Å². The molecule has 6 aromatic rings. The number of aromatic nitrogens is 4. The van der Waals surface area contributed by atoms with E-state index in [0.717, 1.165) is 43.5 Å². The van der Waals surface area contributed by atoms with Gasteiger partial charge in [0.05, 0.1) is 44.1 Å². The second-order valence-corrected chi connectivity index (χ2v) is 35.5. The molecule has 133 heavy (non-hydrogen) atoms. The first-order valence-corrected chi connectivity index (χ1v) is 45.9. The molecule has 42 heteroatoms. The van der Waals surface area contributed by atoms with E-state index in [1.165, 1.54) is 64.7 Å². The highest BCUT2D eigenvalue weighted by molar-refractivity contribution is 8.00. The SMILES string of the molecule is CCCC[C@H]1C(=O)N(C)[C@@H](CCCC)C(=O)N[C@@H](CCCNC(=N)N)C(=O)N[C@@H](C(=O)NCC(N)=O)CSCC(=O)N[C@@H](Cc2ccc(F)cc2)C(=O)N(C)[C@@H](C)C(=O)N[C@@H](CC(N)=O)C(=O)N2CCC[C@H]2C(=O)N[C@@H](Cc2cnc[nH]2)C(=O)N[C@@H](CC(C)C)C(=O)N(C)CC(=O)C[C@@H](Cc2c[nH]c3ccccc23)C(=O)C[C@@H](CO)C(=O)N[C@@H](Cc2c[nH]c3ccccc23)C(=O)N1C. The number of thioether (sulfide) groups is 1. The molecule has 0 aliphatic carbocycles. The van der Waals surface area contributed by atoms with Crippen LogP contribution in [0, 0.1) is 29.0 Å². The number of nitrogens with two attached hydrogens (primary N) is 3. The Hall–Kier alpha value is -13.2. The van der Waals surface area contributed by atoms with Crippen LogP contribution in [0.15, 0.2) is 97.7 Å². The van der Waals surface area contributed by atoms with E-state index in [4.69, 9.17) is 22.6 Å². The highest BCUT2D eigenvalue weighted by Gasteiger charge is 2.44. The molecule has 3 aromatic carbocycles. The van der Waals surface area contributed by atoms with Gasteiger partial charge in [-0.1, -0.05) is 102 Å². The number of Topliss-reactive ketones (excluding diaryl/α,β-unsaturated/α-hetero) is 2. The molecule has 5 heterocycles. The predicted octanol–water partition coefficient (Wildman–Crippen LogP) is 0.182. The van der Waals surface area contributed by atoms with Gasteiger partial charge in [0.15, 0.2) is 11.7 Å². The Bertz CT molecular complexity index is 5110. The van der Waals surface area contributed by atoms with Gasteiger partial charge in [0.1, 0.15) is 78.1 Å². The van der Waals surface area contributed by atoms with Crippen LogP contribution in [0.2, 0.25) is 0 Å². The van der Waals surface area contributed by atoms with E-state index in [0.29, 0.717) is 69.9 Å². The van der Waals surface area contributed by atoms with Gasteiger partial charge in [-0.15, -0.1) is 11.8 Å². The zero-order chi connectivity index (χ0) is 97.4. The van der Waals surface area contributed by atoms with Crippen LogP contribution in [0.3, 0.4) is 0 Å². The molecule has 2 saturated heterocycles. The number of aliphatic hydroxyl groups is 1.